The number of fused-ring (bicyclic) bond motifs is 1. The predicted octanol–water partition coefficient (Wildman–Crippen LogP) is -0.147. The second-order valence-electron chi connectivity index (χ2n) is 4.18. The molecule has 0 saturated heterocycles. The largest absolute Gasteiger partial charge is 0.454 e. The summed E-state index contributed by atoms with van der Waals surface area (Å²) in [5.41, 5.74) is 6.09. The number of aliphatic hydroxyl groups is 1. The van der Waals surface area contributed by atoms with E-state index in [1.807, 2.05) is 0 Å². The smallest absolute Gasteiger partial charge is 0.251 e. The van der Waals surface area contributed by atoms with Crippen molar-refractivity contribution in [1.29, 1.82) is 0 Å². The van der Waals surface area contributed by atoms with Crippen LogP contribution >= 0.6 is 0 Å². The number of aliphatic hydroxyl groups excluding tert-OH is 1. The van der Waals surface area contributed by atoms with Gasteiger partial charge in [0.15, 0.2) is 11.5 Å². The summed E-state index contributed by atoms with van der Waals surface area (Å²) in [5.74, 6) is 0.930. The Bertz CT molecular complexity index is 448. The molecule has 98 valence electrons. The Balaban J connectivity index is 1.97. The first kappa shape index (κ1) is 12.7. The molecule has 1 aromatic rings. The maximum atomic E-state index is 11.8. The van der Waals surface area contributed by atoms with Crippen LogP contribution < -0.4 is 20.5 Å². The summed E-state index contributed by atoms with van der Waals surface area (Å²) in [6.07, 6.45) is -0.665. The summed E-state index contributed by atoms with van der Waals surface area (Å²) in [7, 11) is 0. The van der Waals surface area contributed by atoms with Gasteiger partial charge in [-0.2, -0.15) is 0 Å². The molecule has 18 heavy (non-hydrogen) atoms. The number of carbonyl (C=O) groups excluding carboxylic acids is 1. The first-order valence-electron chi connectivity index (χ1n) is 5.69. The standard InChI is InChI=1S/C12H16N2O4/c1-7(15)9(13)5-14-12(16)8-2-3-10-11(4-8)18-6-17-10/h2-4,7,9,15H,5-6,13H2,1H3,(H,14,16). The first-order chi connectivity index (χ1) is 8.58. The van der Waals surface area contributed by atoms with E-state index in [4.69, 9.17) is 15.2 Å². The molecule has 0 aliphatic carbocycles. The average molecular weight is 252 g/mol. The Kier molecular flexibility index (Phi) is 3.69. The number of carbonyl (C=O) groups is 1. The molecule has 1 heterocycles. The summed E-state index contributed by atoms with van der Waals surface area (Å²) in [6.45, 7) is 1.97. The molecule has 0 spiro atoms. The summed E-state index contributed by atoms with van der Waals surface area (Å²) in [5, 5.41) is 11.9. The third-order valence-corrected chi connectivity index (χ3v) is 2.75. The van der Waals surface area contributed by atoms with Crippen LogP contribution in [0.2, 0.25) is 0 Å². The number of hydrogen-bond acceptors (Lipinski definition) is 5. The van der Waals surface area contributed by atoms with Gasteiger partial charge in [0.25, 0.3) is 5.91 Å². The van der Waals surface area contributed by atoms with E-state index < -0.39 is 12.1 Å². The van der Waals surface area contributed by atoms with E-state index in [9.17, 15) is 9.90 Å². The van der Waals surface area contributed by atoms with Gasteiger partial charge in [-0.15, -0.1) is 0 Å². The molecule has 6 nitrogen and oxygen atoms in total. The van der Waals surface area contributed by atoms with Crippen molar-refractivity contribution in [3.05, 3.63) is 23.8 Å². The Labute approximate surface area is 105 Å². The van der Waals surface area contributed by atoms with Crippen molar-refractivity contribution in [2.45, 2.75) is 19.1 Å². The Hall–Kier alpha value is -1.79. The highest BCUT2D eigenvalue weighted by atomic mass is 16.7. The van der Waals surface area contributed by atoms with Crippen molar-refractivity contribution in [3.8, 4) is 11.5 Å². The van der Waals surface area contributed by atoms with Gasteiger partial charge in [0.1, 0.15) is 0 Å². The quantitative estimate of drug-likeness (QED) is 0.693. The highest BCUT2D eigenvalue weighted by molar-refractivity contribution is 5.94. The zero-order valence-electron chi connectivity index (χ0n) is 10.1. The fourth-order valence-corrected chi connectivity index (χ4v) is 1.52. The van der Waals surface area contributed by atoms with Crippen molar-refractivity contribution in [2.24, 2.45) is 5.73 Å². The molecule has 1 aromatic carbocycles. The molecule has 4 N–H and O–H groups in total. The second-order valence-corrected chi connectivity index (χ2v) is 4.18. The fourth-order valence-electron chi connectivity index (χ4n) is 1.52. The molecule has 0 radical (unpaired) electrons. The predicted molar refractivity (Wildman–Crippen MR) is 64.6 cm³/mol. The SMILES string of the molecule is CC(O)C(N)CNC(=O)c1ccc2c(c1)OCO2. The third kappa shape index (κ3) is 2.72. The summed E-state index contributed by atoms with van der Waals surface area (Å²) < 4.78 is 10.3. The van der Waals surface area contributed by atoms with Crippen molar-refractivity contribution in [2.75, 3.05) is 13.3 Å². The third-order valence-electron chi connectivity index (χ3n) is 2.75. The number of rotatable bonds is 4. The van der Waals surface area contributed by atoms with Gasteiger partial charge >= 0.3 is 0 Å². The average Bonchev–Trinajstić information content (AvgIpc) is 2.82. The molecule has 1 aliphatic heterocycles. The van der Waals surface area contributed by atoms with Gasteiger partial charge in [-0.3, -0.25) is 4.79 Å². The molecule has 1 amide bonds. The molecule has 1 aliphatic rings. The van der Waals surface area contributed by atoms with Crippen LogP contribution in [0.5, 0.6) is 11.5 Å². The molecule has 0 saturated carbocycles. The van der Waals surface area contributed by atoms with E-state index in [0.29, 0.717) is 17.1 Å². The van der Waals surface area contributed by atoms with E-state index >= 15 is 0 Å². The summed E-state index contributed by atoms with van der Waals surface area (Å²) in [4.78, 5) is 11.8. The van der Waals surface area contributed by atoms with E-state index in [1.54, 1.807) is 25.1 Å². The molecule has 6 heteroatoms. The Morgan fingerprint density at radius 2 is 2.22 bits per heavy atom. The van der Waals surface area contributed by atoms with Crippen LogP contribution in [-0.2, 0) is 0 Å². The number of ether oxygens (including phenoxy) is 2. The van der Waals surface area contributed by atoms with Gasteiger partial charge in [-0.1, -0.05) is 0 Å². The summed E-state index contributed by atoms with van der Waals surface area (Å²) >= 11 is 0. The first-order valence-corrected chi connectivity index (χ1v) is 5.69. The zero-order chi connectivity index (χ0) is 13.1. The van der Waals surface area contributed by atoms with Gasteiger partial charge < -0.3 is 25.6 Å². The van der Waals surface area contributed by atoms with Crippen molar-refractivity contribution >= 4 is 5.91 Å². The molecule has 0 fully saturated rings. The van der Waals surface area contributed by atoms with Crippen LogP contribution in [0.1, 0.15) is 17.3 Å². The topological polar surface area (TPSA) is 93.8 Å². The van der Waals surface area contributed by atoms with Crippen LogP contribution in [0.3, 0.4) is 0 Å². The fraction of sp³-hybridized carbons (Fsp3) is 0.417. The molecule has 0 aromatic heterocycles. The van der Waals surface area contributed by atoms with Crippen LogP contribution in [0.25, 0.3) is 0 Å². The van der Waals surface area contributed by atoms with Crippen LogP contribution in [0, 0.1) is 0 Å². The maximum Gasteiger partial charge on any atom is 0.251 e. The normalized spacial score (nSPS) is 16.2. The highest BCUT2D eigenvalue weighted by Crippen LogP contribution is 2.32. The van der Waals surface area contributed by atoms with Gasteiger partial charge in [-0.25, -0.2) is 0 Å². The Morgan fingerprint density at radius 1 is 1.50 bits per heavy atom. The minimum absolute atomic E-state index is 0.174. The van der Waals surface area contributed by atoms with Crippen molar-refractivity contribution < 1.29 is 19.4 Å². The minimum Gasteiger partial charge on any atom is -0.454 e. The Morgan fingerprint density at radius 3 is 2.94 bits per heavy atom. The number of benzene rings is 1. The van der Waals surface area contributed by atoms with Crippen LogP contribution in [0.4, 0.5) is 0 Å². The number of nitrogens with two attached hydrogens (primary N) is 1. The lowest BCUT2D eigenvalue weighted by Gasteiger charge is -2.15. The number of amides is 1. The number of hydrogen-bond donors (Lipinski definition) is 3. The van der Waals surface area contributed by atoms with E-state index in [0.717, 1.165) is 0 Å². The van der Waals surface area contributed by atoms with Gasteiger partial charge in [0, 0.05) is 18.2 Å². The van der Waals surface area contributed by atoms with Crippen LogP contribution in [-0.4, -0.2) is 36.5 Å². The molecular weight excluding hydrogens is 236 g/mol. The lowest BCUT2D eigenvalue weighted by Crippen LogP contribution is -2.43. The number of nitrogens with one attached hydrogen (secondary N) is 1. The second kappa shape index (κ2) is 5.24. The zero-order valence-corrected chi connectivity index (χ0v) is 10.1. The molecule has 2 atom stereocenters. The molecule has 2 rings (SSSR count). The van der Waals surface area contributed by atoms with Crippen molar-refractivity contribution in [1.82, 2.24) is 5.32 Å². The van der Waals surface area contributed by atoms with Gasteiger partial charge in [-0.05, 0) is 25.1 Å². The van der Waals surface area contributed by atoms with E-state index in [-0.39, 0.29) is 19.2 Å². The lowest BCUT2D eigenvalue weighted by atomic mass is 10.1. The molecule has 0 bridgehead atoms. The van der Waals surface area contributed by atoms with Crippen LogP contribution in [0.15, 0.2) is 18.2 Å². The monoisotopic (exact) mass is 252 g/mol. The van der Waals surface area contributed by atoms with Crippen molar-refractivity contribution in [3.63, 3.8) is 0 Å². The lowest BCUT2D eigenvalue weighted by molar-refractivity contribution is 0.0937. The maximum absolute atomic E-state index is 11.8. The van der Waals surface area contributed by atoms with Gasteiger partial charge in [0.2, 0.25) is 6.79 Å². The minimum atomic E-state index is -0.665. The molecular formula is C12H16N2O4. The van der Waals surface area contributed by atoms with Gasteiger partial charge in [0.05, 0.1) is 6.10 Å². The van der Waals surface area contributed by atoms with E-state index in [2.05, 4.69) is 5.32 Å². The van der Waals surface area contributed by atoms with E-state index in [1.165, 1.54) is 0 Å². The highest BCUT2D eigenvalue weighted by Gasteiger charge is 2.17. The summed E-state index contributed by atoms with van der Waals surface area (Å²) in [6, 6.07) is 4.47. The molecule has 2 unspecified atom stereocenters.